The van der Waals surface area contributed by atoms with Crippen molar-refractivity contribution in [3.05, 3.63) is 53.9 Å². The van der Waals surface area contributed by atoms with Gasteiger partial charge in [-0.15, -0.1) is 0 Å². The Morgan fingerprint density at radius 1 is 1.11 bits per heavy atom. The van der Waals surface area contributed by atoms with E-state index in [4.69, 9.17) is 14.0 Å². The molecule has 0 unspecified atom stereocenters. The van der Waals surface area contributed by atoms with E-state index in [1.165, 1.54) is 0 Å². The van der Waals surface area contributed by atoms with Crippen LogP contribution in [0.25, 0.3) is 11.4 Å². The molecule has 28 heavy (non-hydrogen) atoms. The van der Waals surface area contributed by atoms with Crippen LogP contribution in [0, 0.1) is 6.92 Å². The minimum atomic E-state index is -0.161. The van der Waals surface area contributed by atoms with Gasteiger partial charge in [0.2, 0.25) is 17.6 Å². The Hall–Kier alpha value is -3.35. The zero-order chi connectivity index (χ0) is 19.7. The van der Waals surface area contributed by atoms with Crippen molar-refractivity contribution in [3.63, 3.8) is 0 Å². The average molecular weight is 379 g/mol. The highest BCUT2D eigenvalue weighted by Gasteiger charge is 2.36. The summed E-state index contributed by atoms with van der Waals surface area (Å²) in [4.78, 5) is 18.9. The summed E-state index contributed by atoms with van der Waals surface area (Å²) in [6, 6.07) is 13.3. The maximum atomic E-state index is 12.6. The molecule has 0 N–H and O–H groups in total. The molecule has 1 fully saturated rings. The minimum Gasteiger partial charge on any atom is -0.497 e. The van der Waals surface area contributed by atoms with Gasteiger partial charge < -0.3 is 18.9 Å². The third-order valence-corrected chi connectivity index (χ3v) is 4.90. The van der Waals surface area contributed by atoms with Gasteiger partial charge in [-0.25, -0.2) is 0 Å². The molecule has 1 atom stereocenters. The molecule has 1 amide bonds. The Morgan fingerprint density at radius 2 is 1.89 bits per heavy atom. The zero-order valence-electron chi connectivity index (χ0n) is 16.0. The average Bonchev–Trinajstić information content (AvgIpc) is 3.35. The molecule has 1 aromatic heterocycles. The Kier molecular flexibility index (Phi) is 4.73. The third kappa shape index (κ3) is 3.31. The van der Waals surface area contributed by atoms with Crippen LogP contribution >= 0.6 is 0 Å². The Labute approximate surface area is 162 Å². The van der Waals surface area contributed by atoms with Crippen molar-refractivity contribution in [1.82, 2.24) is 10.1 Å². The minimum absolute atomic E-state index is 0.0106. The lowest BCUT2D eigenvalue weighted by Gasteiger charge is -2.19. The molecule has 2 aromatic carbocycles. The summed E-state index contributed by atoms with van der Waals surface area (Å²) < 4.78 is 16.1. The maximum absolute atomic E-state index is 12.6. The summed E-state index contributed by atoms with van der Waals surface area (Å²) in [5.41, 5.74) is 2.76. The molecule has 1 aliphatic rings. The van der Waals surface area contributed by atoms with Gasteiger partial charge in [0.1, 0.15) is 11.5 Å². The Balaban J connectivity index is 1.56. The van der Waals surface area contributed by atoms with E-state index in [2.05, 4.69) is 10.1 Å². The van der Waals surface area contributed by atoms with Crippen molar-refractivity contribution in [2.45, 2.75) is 19.3 Å². The van der Waals surface area contributed by atoms with Crippen molar-refractivity contribution in [3.8, 4) is 22.9 Å². The molecule has 1 saturated heterocycles. The first-order valence-corrected chi connectivity index (χ1v) is 9.02. The van der Waals surface area contributed by atoms with Crippen LogP contribution in [-0.4, -0.2) is 36.8 Å². The van der Waals surface area contributed by atoms with Gasteiger partial charge in [0.05, 0.1) is 25.8 Å². The highest BCUT2D eigenvalue weighted by Crippen LogP contribution is 2.38. The second-order valence-electron chi connectivity index (χ2n) is 6.77. The monoisotopic (exact) mass is 379 g/mol. The van der Waals surface area contributed by atoms with E-state index in [9.17, 15) is 4.79 Å². The lowest BCUT2D eigenvalue weighted by molar-refractivity contribution is -0.117. The van der Waals surface area contributed by atoms with Crippen LogP contribution in [0.4, 0.5) is 5.69 Å². The zero-order valence-corrected chi connectivity index (χ0v) is 16.0. The molecule has 0 bridgehead atoms. The fourth-order valence-corrected chi connectivity index (χ4v) is 3.33. The Morgan fingerprint density at radius 3 is 2.61 bits per heavy atom. The van der Waals surface area contributed by atoms with Gasteiger partial charge in [0.25, 0.3) is 0 Å². The number of anilines is 1. The van der Waals surface area contributed by atoms with Crippen LogP contribution in [0.3, 0.4) is 0 Å². The number of aryl methyl sites for hydroxylation is 1. The topological polar surface area (TPSA) is 77.7 Å². The third-order valence-electron chi connectivity index (χ3n) is 4.90. The quantitative estimate of drug-likeness (QED) is 0.674. The SMILES string of the molecule is COc1ccc(N2C[C@@H](c3nc(-c4ccc(C)cc4)no3)CC2=O)c(OC)c1. The number of carbonyl (C=O) groups is 1. The van der Waals surface area contributed by atoms with E-state index < -0.39 is 0 Å². The first kappa shape index (κ1) is 18.0. The molecule has 4 rings (SSSR count). The molecule has 0 spiro atoms. The van der Waals surface area contributed by atoms with Gasteiger partial charge >= 0.3 is 0 Å². The Bertz CT molecular complexity index is 997. The summed E-state index contributed by atoms with van der Waals surface area (Å²) in [6.07, 6.45) is 0.310. The van der Waals surface area contributed by atoms with Crippen LogP contribution < -0.4 is 14.4 Å². The molecule has 0 saturated carbocycles. The largest absolute Gasteiger partial charge is 0.497 e. The lowest BCUT2D eigenvalue weighted by Crippen LogP contribution is -2.24. The number of nitrogens with zero attached hydrogens (tertiary/aromatic N) is 3. The molecule has 0 aliphatic carbocycles. The van der Waals surface area contributed by atoms with Gasteiger partial charge in [-0.1, -0.05) is 35.0 Å². The number of hydrogen-bond acceptors (Lipinski definition) is 6. The van der Waals surface area contributed by atoms with Crippen molar-refractivity contribution < 1.29 is 18.8 Å². The maximum Gasteiger partial charge on any atom is 0.232 e. The number of ether oxygens (including phenoxy) is 2. The molecular formula is C21H21N3O4. The first-order valence-electron chi connectivity index (χ1n) is 9.02. The second kappa shape index (κ2) is 7.34. The smallest absolute Gasteiger partial charge is 0.232 e. The molecule has 0 radical (unpaired) electrons. The van der Waals surface area contributed by atoms with Crippen LogP contribution in [0.2, 0.25) is 0 Å². The fourth-order valence-electron chi connectivity index (χ4n) is 3.33. The van der Waals surface area contributed by atoms with E-state index in [1.54, 1.807) is 31.3 Å². The number of amides is 1. The van der Waals surface area contributed by atoms with Crippen LogP contribution in [-0.2, 0) is 4.79 Å². The molecule has 2 heterocycles. The first-order chi connectivity index (χ1) is 13.6. The normalized spacial score (nSPS) is 16.5. The number of methoxy groups -OCH3 is 2. The summed E-state index contributed by atoms with van der Waals surface area (Å²) in [5, 5.41) is 4.08. The standard InChI is InChI=1S/C21H21N3O4/c1-13-4-6-14(7-5-13)20-22-21(28-23-20)15-10-19(25)24(12-15)17-9-8-16(26-2)11-18(17)27-3/h4-9,11,15H,10,12H2,1-3H3/t15-/m0/s1. The van der Waals surface area contributed by atoms with Crippen molar-refractivity contribution >= 4 is 11.6 Å². The van der Waals surface area contributed by atoms with Crippen LogP contribution in [0.1, 0.15) is 23.8 Å². The van der Waals surface area contributed by atoms with Crippen LogP contribution in [0.5, 0.6) is 11.5 Å². The predicted octanol–water partition coefficient (Wildman–Crippen LogP) is 3.58. The van der Waals surface area contributed by atoms with Gasteiger partial charge in [-0.05, 0) is 19.1 Å². The van der Waals surface area contributed by atoms with Crippen molar-refractivity contribution in [2.24, 2.45) is 0 Å². The van der Waals surface area contributed by atoms with E-state index in [-0.39, 0.29) is 11.8 Å². The predicted molar refractivity (Wildman–Crippen MR) is 104 cm³/mol. The second-order valence-corrected chi connectivity index (χ2v) is 6.77. The molecule has 7 nitrogen and oxygen atoms in total. The molecule has 3 aromatic rings. The molecular weight excluding hydrogens is 358 g/mol. The van der Waals surface area contributed by atoms with E-state index >= 15 is 0 Å². The van der Waals surface area contributed by atoms with E-state index in [1.807, 2.05) is 37.3 Å². The molecule has 1 aliphatic heterocycles. The number of aromatic nitrogens is 2. The lowest BCUT2D eigenvalue weighted by atomic mass is 10.1. The number of rotatable bonds is 5. The summed E-state index contributed by atoms with van der Waals surface area (Å²) in [7, 11) is 3.16. The van der Waals surface area contributed by atoms with Gasteiger partial charge in [0, 0.05) is 24.6 Å². The van der Waals surface area contributed by atoms with Gasteiger partial charge in [-0.2, -0.15) is 4.98 Å². The number of carbonyl (C=O) groups excluding carboxylic acids is 1. The van der Waals surface area contributed by atoms with E-state index in [0.29, 0.717) is 41.9 Å². The van der Waals surface area contributed by atoms with Crippen molar-refractivity contribution in [1.29, 1.82) is 0 Å². The van der Waals surface area contributed by atoms with Crippen molar-refractivity contribution in [2.75, 3.05) is 25.7 Å². The number of benzene rings is 2. The fraction of sp³-hybridized carbons (Fsp3) is 0.286. The molecule has 144 valence electrons. The summed E-state index contributed by atoms with van der Waals surface area (Å²) in [5.74, 6) is 2.08. The molecule has 7 heteroatoms. The van der Waals surface area contributed by atoms with E-state index in [0.717, 1.165) is 11.1 Å². The van der Waals surface area contributed by atoms with Gasteiger partial charge in [-0.3, -0.25) is 4.79 Å². The van der Waals surface area contributed by atoms with Crippen LogP contribution in [0.15, 0.2) is 47.0 Å². The summed E-state index contributed by atoms with van der Waals surface area (Å²) in [6.45, 7) is 2.48. The number of hydrogen-bond donors (Lipinski definition) is 0. The highest BCUT2D eigenvalue weighted by atomic mass is 16.5. The van der Waals surface area contributed by atoms with Gasteiger partial charge in [0.15, 0.2) is 0 Å². The highest BCUT2D eigenvalue weighted by molar-refractivity contribution is 5.97. The summed E-state index contributed by atoms with van der Waals surface area (Å²) >= 11 is 0.